The van der Waals surface area contributed by atoms with Gasteiger partial charge in [-0.15, -0.1) is 0 Å². The fourth-order valence-corrected chi connectivity index (χ4v) is 3.75. The Hall–Kier alpha value is -0.120. The Bertz CT molecular complexity index is 248. The van der Waals surface area contributed by atoms with E-state index in [9.17, 15) is 0 Å². The molecule has 1 aliphatic heterocycles. The van der Waals surface area contributed by atoms with E-state index in [1.807, 2.05) is 0 Å². The van der Waals surface area contributed by atoms with E-state index in [0.717, 1.165) is 12.5 Å². The number of nitrogens with zero attached hydrogens (tertiary/aromatic N) is 2. The quantitative estimate of drug-likeness (QED) is 0.780. The minimum absolute atomic E-state index is 0.324. The molecule has 0 bridgehead atoms. The molecule has 2 atom stereocenters. The first-order valence-corrected chi connectivity index (χ1v) is 7.87. The van der Waals surface area contributed by atoms with Crippen molar-refractivity contribution in [3.05, 3.63) is 0 Å². The molecular formula is C15H31N3. The van der Waals surface area contributed by atoms with Gasteiger partial charge in [-0.1, -0.05) is 26.7 Å². The largest absolute Gasteiger partial charge is 0.329 e. The predicted molar refractivity (Wildman–Crippen MR) is 77.7 cm³/mol. The van der Waals surface area contributed by atoms with E-state index in [1.165, 1.54) is 64.8 Å². The zero-order valence-corrected chi connectivity index (χ0v) is 12.3. The Morgan fingerprint density at radius 2 is 1.83 bits per heavy atom. The topological polar surface area (TPSA) is 32.5 Å². The Kier molecular flexibility index (Phi) is 5.05. The van der Waals surface area contributed by atoms with Gasteiger partial charge in [0.05, 0.1) is 0 Å². The summed E-state index contributed by atoms with van der Waals surface area (Å²) in [4.78, 5) is 5.28. The maximum atomic E-state index is 6.20. The Morgan fingerprint density at radius 1 is 1.11 bits per heavy atom. The number of likely N-dealkylation sites (N-methyl/N-ethyl adjacent to an activating group) is 1. The van der Waals surface area contributed by atoms with Crippen molar-refractivity contribution in [2.75, 3.05) is 39.3 Å². The highest BCUT2D eigenvalue weighted by atomic mass is 15.3. The lowest BCUT2D eigenvalue weighted by atomic mass is 9.87. The lowest BCUT2D eigenvalue weighted by molar-refractivity contribution is 0.0273. The van der Waals surface area contributed by atoms with Crippen LogP contribution in [0.25, 0.3) is 0 Å². The van der Waals surface area contributed by atoms with Crippen LogP contribution in [0.1, 0.15) is 46.0 Å². The van der Waals surface area contributed by atoms with Gasteiger partial charge >= 0.3 is 0 Å². The molecule has 3 nitrogen and oxygen atoms in total. The lowest BCUT2D eigenvalue weighted by Crippen LogP contribution is -2.60. The van der Waals surface area contributed by atoms with Gasteiger partial charge in [0, 0.05) is 38.3 Å². The molecule has 1 heterocycles. The number of piperazine rings is 1. The second-order valence-corrected chi connectivity index (χ2v) is 6.39. The number of hydrogen-bond acceptors (Lipinski definition) is 3. The summed E-state index contributed by atoms with van der Waals surface area (Å²) in [6, 6.07) is 0. The summed E-state index contributed by atoms with van der Waals surface area (Å²) in [6.07, 6.45) is 6.77. The predicted octanol–water partition coefficient (Wildman–Crippen LogP) is 1.92. The molecule has 106 valence electrons. The van der Waals surface area contributed by atoms with E-state index >= 15 is 0 Å². The molecule has 0 amide bonds. The average Bonchev–Trinajstić information content (AvgIpc) is 2.62. The normalized spacial score (nSPS) is 36.5. The second kappa shape index (κ2) is 6.36. The third kappa shape index (κ3) is 3.06. The van der Waals surface area contributed by atoms with Gasteiger partial charge in [-0.05, 0) is 31.7 Å². The molecule has 1 aliphatic carbocycles. The van der Waals surface area contributed by atoms with E-state index in [0.29, 0.717) is 5.54 Å². The molecule has 2 N–H and O–H groups in total. The van der Waals surface area contributed by atoms with Crippen LogP contribution in [0.2, 0.25) is 0 Å². The first-order chi connectivity index (χ1) is 8.70. The van der Waals surface area contributed by atoms with Gasteiger partial charge in [-0.25, -0.2) is 0 Å². The smallest absolute Gasteiger partial charge is 0.0332 e. The lowest BCUT2D eigenvalue weighted by Gasteiger charge is -2.47. The van der Waals surface area contributed by atoms with Crippen molar-refractivity contribution in [1.82, 2.24) is 9.80 Å². The van der Waals surface area contributed by atoms with Gasteiger partial charge in [-0.3, -0.25) is 4.90 Å². The highest BCUT2D eigenvalue weighted by Crippen LogP contribution is 2.34. The first kappa shape index (κ1) is 14.3. The summed E-state index contributed by atoms with van der Waals surface area (Å²) < 4.78 is 0. The van der Waals surface area contributed by atoms with Crippen molar-refractivity contribution in [1.29, 1.82) is 0 Å². The zero-order valence-electron chi connectivity index (χ0n) is 12.3. The Balaban J connectivity index is 1.98. The summed E-state index contributed by atoms with van der Waals surface area (Å²) >= 11 is 0. The van der Waals surface area contributed by atoms with Gasteiger partial charge in [0.1, 0.15) is 0 Å². The summed E-state index contributed by atoms with van der Waals surface area (Å²) in [5.74, 6) is 0.898. The van der Waals surface area contributed by atoms with E-state index < -0.39 is 0 Å². The van der Waals surface area contributed by atoms with Gasteiger partial charge in [-0.2, -0.15) is 0 Å². The molecule has 2 unspecified atom stereocenters. The Labute approximate surface area is 113 Å². The van der Waals surface area contributed by atoms with Gasteiger partial charge in [0.2, 0.25) is 0 Å². The molecule has 2 rings (SSSR count). The SMILES string of the molecule is CCN1CCN(C2(CN)CCCC(C)CC2)CC1. The first-order valence-electron chi connectivity index (χ1n) is 7.87. The van der Waals surface area contributed by atoms with Crippen molar-refractivity contribution < 1.29 is 0 Å². The highest BCUT2D eigenvalue weighted by Gasteiger charge is 2.37. The molecule has 0 spiro atoms. The van der Waals surface area contributed by atoms with E-state index in [2.05, 4.69) is 23.6 Å². The molecule has 1 saturated heterocycles. The average molecular weight is 253 g/mol. The molecule has 0 aromatic carbocycles. The zero-order chi connectivity index (χ0) is 13.0. The summed E-state index contributed by atoms with van der Waals surface area (Å²) in [5.41, 5.74) is 6.52. The minimum Gasteiger partial charge on any atom is -0.329 e. The van der Waals surface area contributed by atoms with Crippen LogP contribution in [0.15, 0.2) is 0 Å². The second-order valence-electron chi connectivity index (χ2n) is 6.39. The molecule has 0 aromatic heterocycles. The number of nitrogens with two attached hydrogens (primary N) is 1. The molecule has 1 saturated carbocycles. The van der Waals surface area contributed by atoms with Crippen LogP contribution in [0.5, 0.6) is 0 Å². The van der Waals surface area contributed by atoms with Crippen molar-refractivity contribution in [2.24, 2.45) is 11.7 Å². The van der Waals surface area contributed by atoms with E-state index in [1.54, 1.807) is 0 Å². The third-order valence-electron chi connectivity index (χ3n) is 5.31. The van der Waals surface area contributed by atoms with Crippen molar-refractivity contribution in [3.63, 3.8) is 0 Å². The maximum Gasteiger partial charge on any atom is 0.0332 e. The number of hydrogen-bond donors (Lipinski definition) is 1. The van der Waals surface area contributed by atoms with Crippen molar-refractivity contribution in [3.8, 4) is 0 Å². The molecule has 2 fully saturated rings. The van der Waals surface area contributed by atoms with Crippen LogP contribution in [-0.4, -0.2) is 54.6 Å². The van der Waals surface area contributed by atoms with Crippen LogP contribution < -0.4 is 5.73 Å². The van der Waals surface area contributed by atoms with Crippen molar-refractivity contribution >= 4 is 0 Å². The molecular weight excluding hydrogens is 222 g/mol. The fourth-order valence-electron chi connectivity index (χ4n) is 3.75. The summed E-state index contributed by atoms with van der Waals surface area (Å²) in [6.45, 7) is 11.6. The summed E-state index contributed by atoms with van der Waals surface area (Å²) in [7, 11) is 0. The molecule has 18 heavy (non-hydrogen) atoms. The van der Waals surface area contributed by atoms with Crippen LogP contribution in [0.3, 0.4) is 0 Å². The summed E-state index contributed by atoms with van der Waals surface area (Å²) in [5, 5.41) is 0. The van der Waals surface area contributed by atoms with Gasteiger partial charge < -0.3 is 10.6 Å². The Morgan fingerprint density at radius 3 is 2.44 bits per heavy atom. The monoisotopic (exact) mass is 253 g/mol. The van der Waals surface area contributed by atoms with Crippen LogP contribution >= 0.6 is 0 Å². The molecule has 2 aliphatic rings. The third-order valence-corrected chi connectivity index (χ3v) is 5.31. The van der Waals surface area contributed by atoms with Crippen LogP contribution in [0, 0.1) is 5.92 Å². The van der Waals surface area contributed by atoms with Gasteiger partial charge in [0.15, 0.2) is 0 Å². The standard InChI is InChI=1S/C15H31N3/c1-3-17-9-11-18(12-10-17)15(13-16)7-4-5-14(2)6-8-15/h14H,3-13,16H2,1-2H3. The maximum absolute atomic E-state index is 6.20. The molecule has 0 aromatic rings. The van der Waals surface area contributed by atoms with Crippen LogP contribution in [0.4, 0.5) is 0 Å². The molecule has 0 radical (unpaired) electrons. The minimum atomic E-state index is 0.324. The highest BCUT2D eigenvalue weighted by molar-refractivity contribution is 4.95. The van der Waals surface area contributed by atoms with Gasteiger partial charge in [0.25, 0.3) is 0 Å². The van der Waals surface area contributed by atoms with Crippen molar-refractivity contribution in [2.45, 2.75) is 51.5 Å². The van der Waals surface area contributed by atoms with E-state index in [-0.39, 0.29) is 0 Å². The van der Waals surface area contributed by atoms with Crippen LogP contribution in [-0.2, 0) is 0 Å². The number of rotatable bonds is 3. The molecule has 3 heteroatoms. The van der Waals surface area contributed by atoms with E-state index in [4.69, 9.17) is 5.73 Å². The fraction of sp³-hybridized carbons (Fsp3) is 1.00.